The van der Waals surface area contributed by atoms with Crippen LogP contribution in [0.25, 0.3) is 10.9 Å². The molecule has 2 N–H and O–H groups in total. The molecule has 5 heteroatoms. The molecule has 0 aliphatic carbocycles. The van der Waals surface area contributed by atoms with Crippen LogP contribution in [0.2, 0.25) is 0 Å². The Morgan fingerprint density at radius 1 is 1.50 bits per heavy atom. The number of methoxy groups -OCH3 is 1. The van der Waals surface area contributed by atoms with Gasteiger partial charge in [-0.25, -0.2) is 4.39 Å². The number of carbonyl (C=O) groups is 1. The van der Waals surface area contributed by atoms with E-state index in [1.807, 2.05) is 0 Å². The number of rotatable bonds is 1. The van der Waals surface area contributed by atoms with Crippen molar-refractivity contribution in [2.24, 2.45) is 0 Å². The molecule has 3 rings (SSSR count). The lowest BCUT2D eigenvalue weighted by Crippen LogP contribution is -2.32. The number of carbonyl (C=O) groups excluding carboxylic acids is 1. The standard InChI is InChI=1S/C13H13FN2O2/c1-18-13(17)9-5-15-6-11-12(9)8-4-7(14)2-3-10(8)16-11/h2-4,9,15-16H,5-6H2,1H3. The molecule has 0 spiro atoms. The maximum atomic E-state index is 13.3. The average molecular weight is 248 g/mol. The van der Waals surface area contributed by atoms with Gasteiger partial charge < -0.3 is 15.0 Å². The second kappa shape index (κ2) is 4.10. The SMILES string of the molecule is COC(=O)C1CNCc2[nH]c3ccc(F)cc3c21. The van der Waals surface area contributed by atoms with Gasteiger partial charge in [-0.3, -0.25) is 4.79 Å². The minimum absolute atomic E-state index is 0.298. The van der Waals surface area contributed by atoms with Crippen LogP contribution in [0.4, 0.5) is 4.39 Å². The topological polar surface area (TPSA) is 54.1 Å². The molecule has 1 aliphatic rings. The van der Waals surface area contributed by atoms with E-state index in [4.69, 9.17) is 4.74 Å². The molecular weight excluding hydrogens is 235 g/mol. The molecule has 0 radical (unpaired) electrons. The maximum absolute atomic E-state index is 13.3. The van der Waals surface area contributed by atoms with Gasteiger partial charge in [0.1, 0.15) is 5.82 Å². The zero-order valence-corrected chi connectivity index (χ0v) is 9.92. The molecule has 2 aromatic rings. The molecule has 1 unspecified atom stereocenters. The van der Waals surface area contributed by atoms with Crippen molar-refractivity contribution in [1.82, 2.24) is 10.3 Å². The molecule has 1 atom stereocenters. The van der Waals surface area contributed by atoms with E-state index in [9.17, 15) is 9.18 Å². The predicted molar refractivity (Wildman–Crippen MR) is 64.7 cm³/mol. The van der Waals surface area contributed by atoms with Crippen LogP contribution in [0.1, 0.15) is 17.2 Å². The number of fused-ring (bicyclic) bond motifs is 3. The predicted octanol–water partition coefficient (Wildman–Crippen LogP) is 1.67. The van der Waals surface area contributed by atoms with Crippen molar-refractivity contribution in [3.8, 4) is 0 Å². The highest BCUT2D eigenvalue weighted by Crippen LogP contribution is 2.32. The van der Waals surface area contributed by atoms with Crippen LogP contribution in [0.3, 0.4) is 0 Å². The van der Waals surface area contributed by atoms with Gasteiger partial charge in [0.2, 0.25) is 0 Å². The van der Waals surface area contributed by atoms with Crippen LogP contribution < -0.4 is 5.32 Å². The molecule has 94 valence electrons. The summed E-state index contributed by atoms with van der Waals surface area (Å²) in [6.45, 7) is 1.17. The normalized spacial score (nSPS) is 18.7. The lowest BCUT2D eigenvalue weighted by atomic mass is 9.93. The Hall–Kier alpha value is -1.88. The van der Waals surface area contributed by atoms with Crippen LogP contribution in [0, 0.1) is 5.82 Å². The summed E-state index contributed by atoms with van der Waals surface area (Å²) in [5, 5.41) is 3.92. The average Bonchev–Trinajstić information content (AvgIpc) is 2.75. The number of aromatic amines is 1. The molecule has 18 heavy (non-hydrogen) atoms. The van der Waals surface area contributed by atoms with Crippen LogP contribution in [0.15, 0.2) is 18.2 Å². The van der Waals surface area contributed by atoms with Crippen molar-refractivity contribution >= 4 is 16.9 Å². The van der Waals surface area contributed by atoms with Crippen LogP contribution in [-0.2, 0) is 16.1 Å². The number of aromatic nitrogens is 1. The minimum Gasteiger partial charge on any atom is -0.469 e. The fourth-order valence-electron chi connectivity index (χ4n) is 2.57. The quantitative estimate of drug-likeness (QED) is 0.755. The third-order valence-electron chi connectivity index (χ3n) is 3.37. The number of hydrogen-bond donors (Lipinski definition) is 2. The van der Waals surface area contributed by atoms with Gasteiger partial charge in [-0.05, 0) is 23.8 Å². The van der Waals surface area contributed by atoms with E-state index in [-0.39, 0.29) is 17.7 Å². The van der Waals surface area contributed by atoms with Gasteiger partial charge in [0.15, 0.2) is 0 Å². The first kappa shape index (κ1) is 11.2. The summed E-state index contributed by atoms with van der Waals surface area (Å²) in [5.74, 6) is -0.977. The molecule has 0 saturated carbocycles. The first-order chi connectivity index (χ1) is 8.70. The number of benzene rings is 1. The second-order valence-corrected chi connectivity index (χ2v) is 4.41. The van der Waals surface area contributed by atoms with E-state index in [0.29, 0.717) is 13.1 Å². The lowest BCUT2D eigenvalue weighted by molar-refractivity contribution is -0.142. The third kappa shape index (κ3) is 1.59. The summed E-state index contributed by atoms with van der Waals surface area (Å²) in [6.07, 6.45) is 0. The largest absolute Gasteiger partial charge is 0.469 e. The minimum atomic E-state index is -0.380. The van der Waals surface area contributed by atoms with E-state index in [2.05, 4.69) is 10.3 Å². The number of hydrogen-bond acceptors (Lipinski definition) is 3. The molecule has 2 heterocycles. The van der Waals surface area contributed by atoms with Crippen molar-refractivity contribution < 1.29 is 13.9 Å². The summed E-state index contributed by atoms with van der Waals surface area (Å²) >= 11 is 0. The van der Waals surface area contributed by atoms with E-state index in [1.165, 1.54) is 19.2 Å². The summed E-state index contributed by atoms with van der Waals surface area (Å²) in [6, 6.07) is 4.56. The van der Waals surface area contributed by atoms with Gasteiger partial charge in [0.05, 0.1) is 13.0 Å². The molecule has 1 aromatic carbocycles. The highest BCUT2D eigenvalue weighted by atomic mass is 19.1. The van der Waals surface area contributed by atoms with Crippen LogP contribution in [0.5, 0.6) is 0 Å². The monoisotopic (exact) mass is 248 g/mol. The van der Waals surface area contributed by atoms with E-state index in [0.717, 1.165) is 22.2 Å². The Kier molecular flexibility index (Phi) is 2.56. The number of halogens is 1. The van der Waals surface area contributed by atoms with Crippen molar-refractivity contribution in [3.63, 3.8) is 0 Å². The molecular formula is C13H13FN2O2. The highest BCUT2D eigenvalue weighted by molar-refractivity contribution is 5.91. The van der Waals surface area contributed by atoms with E-state index < -0.39 is 0 Å². The Balaban J connectivity index is 2.22. The van der Waals surface area contributed by atoms with Crippen molar-refractivity contribution in [2.45, 2.75) is 12.5 Å². The van der Waals surface area contributed by atoms with Crippen LogP contribution >= 0.6 is 0 Å². The fraction of sp³-hybridized carbons (Fsp3) is 0.308. The lowest BCUT2D eigenvalue weighted by Gasteiger charge is -2.21. The maximum Gasteiger partial charge on any atom is 0.314 e. The molecule has 0 amide bonds. The molecule has 4 nitrogen and oxygen atoms in total. The smallest absolute Gasteiger partial charge is 0.314 e. The Morgan fingerprint density at radius 2 is 2.33 bits per heavy atom. The van der Waals surface area contributed by atoms with Crippen molar-refractivity contribution in [3.05, 3.63) is 35.3 Å². The van der Waals surface area contributed by atoms with E-state index >= 15 is 0 Å². The van der Waals surface area contributed by atoms with Crippen molar-refractivity contribution in [1.29, 1.82) is 0 Å². The molecule has 1 aromatic heterocycles. The van der Waals surface area contributed by atoms with Gasteiger partial charge in [0.25, 0.3) is 0 Å². The van der Waals surface area contributed by atoms with E-state index in [1.54, 1.807) is 6.07 Å². The Morgan fingerprint density at radius 3 is 3.11 bits per heavy atom. The Labute approximate surface area is 103 Å². The van der Waals surface area contributed by atoms with Gasteiger partial charge in [-0.1, -0.05) is 0 Å². The summed E-state index contributed by atoms with van der Waals surface area (Å²) in [4.78, 5) is 15.0. The molecule has 0 bridgehead atoms. The van der Waals surface area contributed by atoms with Crippen molar-refractivity contribution in [2.75, 3.05) is 13.7 Å². The van der Waals surface area contributed by atoms with Crippen LogP contribution in [-0.4, -0.2) is 24.6 Å². The first-order valence-electron chi connectivity index (χ1n) is 5.79. The summed E-state index contributed by atoms with van der Waals surface area (Å²) in [5.41, 5.74) is 2.63. The Bertz CT molecular complexity index is 621. The van der Waals surface area contributed by atoms with Gasteiger partial charge in [-0.15, -0.1) is 0 Å². The summed E-state index contributed by atoms with van der Waals surface area (Å²) < 4.78 is 18.2. The molecule has 1 aliphatic heterocycles. The molecule has 0 saturated heterocycles. The highest BCUT2D eigenvalue weighted by Gasteiger charge is 2.30. The van der Waals surface area contributed by atoms with Gasteiger partial charge in [0, 0.05) is 29.7 Å². The zero-order chi connectivity index (χ0) is 12.7. The summed E-state index contributed by atoms with van der Waals surface area (Å²) in [7, 11) is 1.37. The fourth-order valence-corrected chi connectivity index (χ4v) is 2.57. The first-order valence-corrected chi connectivity index (χ1v) is 5.79. The van der Waals surface area contributed by atoms with Gasteiger partial charge >= 0.3 is 5.97 Å². The number of ether oxygens (including phenoxy) is 1. The third-order valence-corrected chi connectivity index (χ3v) is 3.37. The van der Waals surface area contributed by atoms with Gasteiger partial charge in [-0.2, -0.15) is 0 Å². The second-order valence-electron chi connectivity index (χ2n) is 4.41. The number of esters is 1. The number of nitrogens with one attached hydrogen (secondary N) is 2. The number of H-pyrrole nitrogens is 1. The zero-order valence-electron chi connectivity index (χ0n) is 9.92. The molecule has 0 fully saturated rings.